The molecule has 2 fully saturated rings. The predicted octanol–water partition coefficient (Wildman–Crippen LogP) is 2.66. The average Bonchev–Trinajstić information content (AvgIpc) is 3.09. The number of pyridine rings is 1. The molecule has 2 bridgehead atoms. The third kappa shape index (κ3) is 3.86. The maximum atomic E-state index is 8.77. The molecule has 3 heterocycles. The van der Waals surface area contributed by atoms with Crippen molar-refractivity contribution in [3.63, 3.8) is 0 Å². The van der Waals surface area contributed by atoms with Crippen molar-refractivity contribution >= 4 is 29.0 Å². The summed E-state index contributed by atoms with van der Waals surface area (Å²) in [6.45, 7) is 1.69. The number of fused-ring (bicyclic) bond motifs is 2. The third-order valence-electron chi connectivity index (χ3n) is 5.51. The molecule has 5 N–H and O–H groups in total. The molecule has 29 heavy (non-hydrogen) atoms. The van der Waals surface area contributed by atoms with Gasteiger partial charge in [0, 0.05) is 61.1 Å². The molecule has 0 spiro atoms. The van der Waals surface area contributed by atoms with Gasteiger partial charge in [0.15, 0.2) is 0 Å². The van der Waals surface area contributed by atoms with Gasteiger partial charge in [0.1, 0.15) is 5.82 Å². The summed E-state index contributed by atoms with van der Waals surface area (Å²) >= 11 is 0. The van der Waals surface area contributed by atoms with E-state index < -0.39 is 0 Å². The first-order chi connectivity index (χ1) is 14.1. The summed E-state index contributed by atoms with van der Waals surface area (Å²) in [4.78, 5) is 6.79. The van der Waals surface area contributed by atoms with Crippen LogP contribution in [0.2, 0.25) is 0 Å². The molecule has 0 aliphatic carbocycles. The Hall–Kier alpha value is -3.19. The second kappa shape index (κ2) is 8.05. The van der Waals surface area contributed by atoms with Gasteiger partial charge < -0.3 is 26.1 Å². The van der Waals surface area contributed by atoms with E-state index in [0.29, 0.717) is 17.0 Å². The van der Waals surface area contributed by atoms with E-state index in [0.717, 1.165) is 48.4 Å². The van der Waals surface area contributed by atoms with E-state index in [1.165, 1.54) is 6.21 Å². The summed E-state index contributed by atoms with van der Waals surface area (Å²) in [7, 11) is 1.79. The monoisotopic (exact) mass is 390 g/mol. The highest BCUT2D eigenvalue weighted by molar-refractivity contribution is 6.15. The summed E-state index contributed by atoms with van der Waals surface area (Å²) in [6.07, 6.45) is 7.57. The van der Waals surface area contributed by atoms with Gasteiger partial charge in [0.2, 0.25) is 0 Å². The van der Waals surface area contributed by atoms with Crippen LogP contribution in [0.3, 0.4) is 0 Å². The third-order valence-corrected chi connectivity index (χ3v) is 5.51. The van der Waals surface area contributed by atoms with Crippen molar-refractivity contribution < 1.29 is 4.74 Å². The molecule has 0 radical (unpaired) electrons. The molecule has 2 aromatic rings. The second-order valence-corrected chi connectivity index (χ2v) is 7.47. The maximum absolute atomic E-state index is 8.77. The number of ether oxygens (including phenoxy) is 1. The van der Waals surface area contributed by atoms with Gasteiger partial charge in [-0.05, 0) is 42.7 Å². The molecule has 1 aromatic heterocycles. The Morgan fingerprint density at radius 3 is 2.66 bits per heavy atom. The first kappa shape index (κ1) is 19.1. The van der Waals surface area contributed by atoms with Gasteiger partial charge in [0.05, 0.1) is 17.9 Å². The molecule has 2 aliphatic rings. The van der Waals surface area contributed by atoms with Crippen molar-refractivity contribution in [2.45, 2.75) is 25.0 Å². The van der Waals surface area contributed by atoms with Crippen molar-refractivity contribution in [3.8, 4) is 0 Å². The predicted molar refractivity (Wildman–Crippen MR) is 117 cm³/mol. The number of aromatic nitrogens is 1. The van der Waals surface area contributed by atoms with Crippen LogP contribution in [0.4, 0.5) is 11.5 Å². The van der Waals surface area contributed by atoms with Crippen LogP contribution in [-0.2, 0) is 4.74 Å². The molecule has 2 unspecified atom stereocenters. The Morgan fingerprint density at radius 2 is 1.97 bits per heavy atom. The molecule has 7 heteroatoms. The summed E-state index contributed by atoms with van der Waals surface area (Å²) in [6, 6.07) is 9.31. The van der Waals surface area contributed by atoms with Crippen molar-refractivity contribution in [1.29, 1.82) is 10.8 Å². The van der Waals surface area contributed by atoms with Gasteiger partial charge in [-0.15, -0.1) is 0 Å². The average molecular weight is 390 g/mol. The van der Waals surface area contributed by atoms with Crippen molar-refractivity contribution in [1.82, 2.24) is 10.3 Å². The molecular weight excluding hydrogens is 364 g/mol. The Balaban J connectivity index is 1.63. The van der Waals surface area contributed by atoms with E-state index in [4.69, 9.17) is 21.3 Å². The lowest BCUT2D eigenvalue weighted by atomic mass is 9.97. The van der Waals surface area contributed by atoms with Crippen LogP contribution in [0.5, 0.6) is 0 Å². The zero-order valence-corrected chi connectivity index (χ0v) is 16.5. The SMILES string of the molecule is CN/C=C(\C=N)c1ccc(N)c(C(=N)c2ccnc(N3CC4CCC(C3)O4)c2)c1. The highest BCUT2D eigenvalue weighted by atomic mass is 16.5. The lowest BCUT2D eigenvalue weighted by Crippen LogP contribution is -2.43. The number of allylic oxidation sites excluding steroid dienone is 1. The first-order valence-corrected chi connectivity index (χ1v) is 9.82. The van der Waals surface area contributed by atoms with Crippen LogP contribution in [0.1, 0.15) is 29.5 Å². The van der Waals surface area contributed by atoms with Crippen LogP contribution in [0, 0.1) is 10.8 Å². The van der Waals surface area contributed by atoms with Crippen LogP contribution in [0.15, 0.2) is 42.7 Å². The standard InChI is InChI=1S/C22H26N6O/c1-26-11-16(10-23)14-2-5-20(24)19(8-14)22(25)15-6-7-27-21(9-15)28-12-17-3-4-18(13-28)29-17/h2,5-11,17-18,23,25-26H,3-4,12-13,24H2,1H3/b16-11+,23-10?,25-22?. The minimum atomic E-state index is 0.282. The lowest BCUT2D eigenvalue weighted by molar-refractivity contribution is 0.0302. The van der Waals surface area contributed by atoms with Crippen molar-refractivity contribution in [3.05, 3.63) is 59.4 Å². The molecule has 2 aliphatic heterocycles. The zero-order chi connectivity index (χ0) is 20.4. The smallest absolute Gasteiger partial charge is 0.129 e. The van der Waals surface area contributed by atoms with Crippen LogP contribution in [-0.4, -0.2) is 49.3 Å². The van der Waals surface area contributed by atoms with E-state index in [9.17, 15) is 0 Å². The van der Waals surface area contributed by atoms with E-state index in [-0.39, 0.29) is 12.2 Å². The molecule has 150 valence electrons. The van der Waals surface area contributed by atoms with E-state index >= 15 is 0 Å². The van der Waals surface area contributed by atoms with Gasteiger partial charge in [-0.3, -0.25) is 5.41 Å². The first-order valence-electron chi connectivity index (χ1n) is 9.82. The fraction of sp³-hybridized carbons (Fsp3) is 0.318. The molecular formula is C22H26N6O. The molecule has 1 aromatic carbocycles. The van der Waals surface area contributed by atoms with Gasteiger partial charge >= 0.3 is 0 Å². The van der Waals surface area contributed by atoms with Gasteiger partial charge in [-0.25, -0.2) is 4.98 Å². The molecule has 2 saturated heterocycles. The van der Waals surface area contributed by atoms with Gasteiger partial charge in [-0.1, -0.05) is 6.07 Å². The topological polar surface area (TPSA) is 111 Å². The van der Waals surface area contributed by atoms with Crippen LogP contribution < -0.4 is 16.0 Å². The molecule has 2 atom stereocenters. The number of nitrogens with two attached hydrogens (primary N) is 1. The highest BCUT2D eigenvalue weighted by Gasteiger charge is 2.34. The fourth-order valence-electron chi connectivity index (χ4n) is 4.02. The number of hydrogen-bond acceptors (Lipinski definition) is 7. The number of nitrogens with one attached hydrogen (secondary N) is 3. The maximum Gasteiger partial charge on any atom is 0.129 e. The number of nitrogens with zero attached hydrogens (tertiary/aromatic N) is 2. The number of morpholine rings is 1. The number of benzene rings is 1. The minimum absolute atomic E-state index is 0.282. The number of rotatable bonds is 6. The van der Waals surface area contributed by atoms with Crippen molar-refractivity contribution in [2.75, 3.05) is 30.8 Å². The molecule has 7 nitrogen and oxygen atoms in total. The molecule has 4 rings (SSSR count). The van der Waals surface area contributed by atoms with E-state index in [1.54, 1.807) is 25.5 Å². The van der Waals surface area contributed by atoms with Gasteiger partial charge in [0.25, 0.3) is 0 Å². The quantitative estimate of drug-likeness (QED) is 0.448. The lowest BCUT2D eigenvalue weighted by Gasteiger charge is -2.33. The second-order valence-electron chi connectivity index (χ2n) is 7.47. The van der Waals surface area contributed by atoms with Crippen molar-refractivity contribution in [2.24, 2.45) is 0 Å². The summed E-state index contributed by atoms with van der Waals surface area (Å²) < 4.78 is 5.92. The zero-order valence-electron chi connectivity index (χ0n) is 16.5. The fourth-order valence-corrected chi connectivity index (χ4v) is 4.02. The Kier molecular flexibility index (Phi) is 5.31. The number of anilines is 2. The Morgan fingerprint density at radius 1 is 1.21 bits per heavy atom. The van der Waals surface area contributed by atoms with Crippen LogP contribution >= 0.6 is 0 Å². The van der Waals surface area contributed by atoms with Gasteiger partial charge in [-0.2, -0.15) is 0 Å². The molecule has 0 amide bonds. The van der Waals surface area contributed by atoms with E-state index in [2.05, 4.69) is 15.2 Å². The molecule has 0 saturated carbocycles. The Labute approximate surface area is 170 Å². The highest BCUT2D eigenvalue weighted by Crippen LogP contribution is 2.29. The van der Waals surface area contributed by atoms with E-state index in [1.807, 2.05) is 24.3 Å². The summed E-state index contributed by atoms with van der Waals surface area (Å²) in [5.74, 6) is 0.873. The normalized spacial score (nSPS) is 21.1. The summed E-state index contributed by atoms with van der Waals surface area (Å²) in [5.41, 5.74) is 10.0. The minimum Gasteiger partial charge on any atom is -0.398 e. The number of hydrogen-bond donors (Lipinski definition) is 4. The Bertz CT molecular complexity index is 958. The summed E-state index contributed by atoms with van der Waals surface area (Å²) in [5, 5.41) is 19.3. The largest absolute Gasteiger partial charge is 0.398 e. The van der Waals surface area contributed by atoms with Crippen LogP contribution in [0.25, 0.3) is 5.57 Å². The number of nitrogen functional groups attached to an aromatic ring is 1.